The highest BCUT2D eigenvalue weighted by atomic mass is 32.2. The monoisotopic (exact) mass is 325 g/mol. The van der Waals surface area contributed by atoms with Gasteiger partial charge in [-0.1, -0.05) is 18.2 Å². The molecule has 1 heterocycles. The summed E-state index contributed by atoms with van der Waals surface area (Å²) in [6.07, 6.45) is 0.109. The predicted molar refractivity (Wildman–Crippen MR) is 84.9 cm³/mol. The van der Waals surface area contributed by atoms with Gasteiger partial charge < -0.3 is 5.11 Å². The first-order chi connectivity index (χ1) is 9.91. The van der Waals surface area contributed by atoms with Crippen molar-refractivity contribution in [2.75, 3.05) is 13.6 Å². The van der Waals surface area contributed by atoms with E-state index in [0.29, 0.717) is 18.5 Å². The van der Waals surface area contributed by atoms with Gasteiger partial charge in [0.2, 0.25) is 10.0 Å². The van der Waals surface area contributed by atoms with Gasteiger partial charge in [-0.15, -0.1) is 11.3 Å². The van der Waals surface area contributed by atoms with Crippen molar-refractivity contribution < 1.29 is 13.5 Å². The first kappa shape index (κ1) is 16.2. The number of sulfonamides is 1. The number of benzene rings is 1. The summed E-state index contributed by atoms with van der Waals surface area (Å²) in [4.78, 5) is 1.42. The van der Waals surface area contributed by atoms with Crippen molar-refractivity contribution in [2.24, 2.45) is 0 Å². The Morgan fingerprint density at radius 2 is 1.90 bits per heavy atom. The molecule has 6 heteroatoms. The van der Waals surface area contributed by atoms with E-state index in [2.05, 4.69) is 0 Å². The first-order valence-electron chi connectivity index (χ1n) is 6.68. The molecule has 1 unspecified atom stereocenters. The second-order valence-electron chi connectivity index (χ2n) is 4.90. The summed E-state index contributed by atoms with van der Waals surface area (Å²) in [5, 5.41) is 11.4. The van der Waals surface area contributed by atoms with Crippen LogP contribution in [0.2, 0.25) is 0 Å². The third kappa shape index (κ3) is 3.91. The van der Waals surface area contributed by atoms with Crippen molar-refractivity contribution in [3.63, 3.8) is 0 Å². The van der Waals surface area contributed by atoms with Crippen molar-refractivity contribution in [3.8, 4) is 0 Å². The normalized spacial score (nSPS) is 13.5. The molecule has 4 nitrogen and oxygen atoms in total. The molecule has 1 atom stereocenters. The molecule has 2 aromatic rings. The Morgan fingerprint density at radius 1 is 1.24 bits per heavy atom. The van der Waals surface area contributed by atoms with Gasteiger partial charge in [0, 0.05) is 18.5 Å². The van der Waals surface area contributed by atoms with Crippen LogP contribution in [0, 0.1) is 0 Å². The van der Waals surface area contributed by atoms with Crippen LogP contribution in [-0.2, 0) is 16.4 Å². The molecule has 0 fully saturated rings. The summed E-state index contributed by atoms with van der Waals surface area (Å²) < 4.78 is 26.2. The number of hydrogen-bond acceptors (Lipinski definition) is 4. The Balaban J connectivity index is 2.09. The van der Waals surface area contributed by atoms with Crippen molar-refractivity contribution in [1.82, 2.24) is 4.31 Å². The summed E-state index contributed by atoms with van der Waals surface area (Å²) in [5.41, 5.74) is 0.704. The third-order valence-electron chi connectivity index (χ3n) is 3.32. The largest absolute Gasteiger partial charge is 0.389 e. The quantitative estimate of drug-likeness (QED) is 0.888. The van der Waals surface area contributed by atoms with E-state index in [9.17, 15) is 13.5 Å². The standard InChI is InChI=1S/C15H19NO3S2/c1-12(17)13-5-7-15(8-6-13)21(18,19)16(2)10-9-14-4-3-11-20-14/h3-8,11-12,17H,9-10H2,1-2H3. The van der Waals surface area contributed by atoms with Crippen molar-refractivity contribution in [2.45, 2.75) is 24.3 Å². The predicted octanol–water partition coefficient (Wildman–Crippen LogP) is 2.66. The Kier molecular flexibility index (Phi) is 5.16. The van der Waals surface area contributed by atoms with Crippen LogP contribution in [0.4, 0.5) is 0 Å². The zero-order valence-electron chi connectivity index (χ0n) is 12.1. The van der Waals surface area contributed by atoms with Gasteiger partial charge in [-0.25, -0.2) is 12.7 Å². The van der Waals surface area contributed by atoms with Crippen LogP contribution < -0.4 is 0 Å². The molecule has 1 N–H and O–H groups in total. The summed E-state index contributed by atoms with van der Waals surface area (Å²) in [5.74, 6) is 0. The van der Waals surface area contributed by atoms with Crippen molar-refractivity contribution >= 4 is 21.4 Å². The van der Waals surface area contributed by atoms with Crippen LogP contribution in [0.1, 0.15) is 23.5 Å². The van der Waals surface area contributed by atoms with E-state index in [0.717, 1.165) is 0 Å². The molecule has 0 aliphatic rings. The number of likely N-dealkylation sites (N-methyl/N-ethyl adjacent to an activating group) is 1. The maximum Gasteiger partial charge on any atom is 0.242 e. The van der Waals surface area contributed by atoms with E-state index in [-0.39, 0.29) is 4.90 Å². The third-order valence-corrected chi connectivity index (χ3v) is 6.13. The van der Waals surface area contributed by atoms with Gasteiger partial charge in [0.15, 0.2) is 0 Å². The van der Waals surface area contributed by atoms with Crippen LogP contribution in [-0.4, -0.2) is 31.4 Å². The highest BCUT2D eigenvalue weighted by Gasteiger charge is 2.20. The molecule has 0 amide bonds. The SMILES string of the molecule is CC(O)c1ccc(S(=O)(=O)N(C)CCc2cccs2)cc1. The Morgan fingerprint density at radius 3 is 2.43 bits per heavy atom. The maximum absolute atomic E-state index is 12.4. The Hall–Kier alpha value is -1.21. The maximum atomic E-state index is 12.4. The van der Waals surface area contributed by atoms with Gasteiger partial charge in [0.05, 0.1) is 11.0 Å². The van der Waals surface area contributed by atoms with Crippen LogP contribution >= 0.6 is 11.3 Å². The molecular weight excluding hydrogens is 306 g/mol. The highest BCUT2D eigenvalue weighted by Crippen LogP contribution is 2.19. The Bertz CT molecular complexity index is 661. The minimum Gasteiger partial charge on any atom is -0.389 e. The molecule has 0 bridgehead atoms. The van der Waals surface area contributed by atoms with E-state index in [4.69, 9.17) is 0 Å². The fraction of sp³-hybridized carbons (Fsp3) is 0.333. The van der Waals surface area contributed by atoms with E-state index < -0.39 is 16.1 Å². The molecule has 0 aliphatic carbocycles. The number of rotatable bonds is 6. The number of aliphatic hydroxyl groups is 1. The van der Waals surface area contributed by atoms with Gasteiger partial charge in [0.25, 0.3) is 0 Å². The molecule has 21 heavy (non-hydrogen) atoms. The van der Waals surface area contributed by atoms with Crippen LogP contribution in [0.15, 0.2) is 46.7 Å². The highest BCUT2D eigenvalue weighted by molar-refractivity contribution is 7.89. The van der Waals surface area contributed by atoms with Crippen LogP contribution in [0.5, 0.6) is 0 Å². The lowest BCUT2D eigenvalue weighted by molar-refractivity contribution is 0.199. The zero-order chi connectivity index (χ0) is 15.5. The molecular formula is C15H19NO3S2. The van der Waals surface area contributed by atoms with Crippen molar-refractivity contribution in [1.29, 1.82) is 0 Å². The lowest BCUT2D eigenvalue weighted by Gasteiger charge is -2.17. The molecule has 0 spiro atoms. The molecule has 0 saturated heterocycles. The van der Waals surface area contributed by atoms with E-state index >= 15 is 0 Å². The van der Waals surface area contributed by atoms with Gasteiger partial charge in [-0.3, -0.25) is 0 Å². The fourth-order valence-electron chi connectivity index (χ4n) is 1.94. The number of nitrogens with zero attached hydrogens (tertiary/aromatic N) is 1. The number of thiophene rings is 1. The van der Waals surface area contributed by atoms with Crippen LogP contribution in [0.25, 0.3) is 0 Å². The van der Waals surface area contributed by atoms with Crippen molar-refractivity contribution in [3.05, 3.63) is 52.2 Å². The Labute approximate surface area is 129 Å². The molecule has 1 aromatic heterocycles. The average Bonchev–Trinajstić information content (AvgIpc) is 2.98. The number of hydrogen-bond donors (Lipinski definition) is 1. The fourth-order valence-corrected chi connectivity index (χ4v) is 3.81. The first-order valence-corrected chi connectivity index (χ1v) is 9.00. The second kappa shape index (κ2) is 6.70. The van der Waals surface area contributed by atoms with E-state index in [1.165, 1.54) is 9.18 Å². The summed E-state index contributed by atoms with van der Waals surface area (Å²) in [7, 11) is -1.89. The lowest BCUT2D eigenvalue weighted by atomic mass is 10.1. The van der Waals surface area contributed by atoms with Gasteiger partial charge in [0.1, 0.15) is 0 Å². The zero-order valence-corrected chi connectivity index (χ0v) is 13.7. The van der Waals surface area contributed by atoms with Gasteiger partial charge >= 0.3 is 0 Å². The smallest absolute Gasteiger partial charge is 0.242 e. The van der Waals surface area contributed by atoms with Crippen LogP contribution in [0.3, 0.4) is 0 Å². The molecule has 1 aromatic carbocycles. The topological polar surface area (TPSA) is 57.6 Å². The summed E-state index contributed by atoms with van der Waals surface area (Å²) in [6, 6.07) is 10.3. The molecule has 2 rings (SSSR count). The molecule has 0 aliphatic heterocycles. The molecule has 0 radical (unpaired) electrons. The average molecular weight is 325 g/mol. The van der Waals surface area contributed by atoms with E-state index in [1.54, 1.807) is 49.6 Å². The molecule has 114 valence electrons. The summed E-state index contributed by atoms with van der Waals surface area (Å²) >= 11 is 1.63. The summed E-state index contributed by atoms with van der Waals surface area (Å²) in [6.45, 7) is 2.09. The number of aliphatic hydroxyl groups excluding tert-OH is 1. The second-order valence-corrected chi connectivity index (χ2v) is 7.98. The van der Waals surface area contributed by atoms with Gasteiger partial charge in [-0.2, -0.15) is 0 Å². The minimum absolute atomic E-state index is 0.251. The minimum atomic E-state index is -3.48. The van der Waals surface area contributed by atoms with E-state index in [1.807, 2.05) is 17.5 Å². The lowest BCUT2D eigenvalue weighted by Crippen LogP contribution is -2.28. The molecule has 0 saturated carbocycles. The van der Waals surface area contributed by atoms with Gasteiger partial charge in [-0.05, 0) is 42.5 Å².